The molecule has 0 N–H and O–H groups in total. The van der Waals surface area contributed by atoms with Gasteiger partial charge in [-0.05, 0) is 17.7 Å². The highest BCUT2D eigenvalue weighted by Gasteiger charge is 2.17. The lowest BCUT2D eigenvalue weighted by Gasteiger charge is -2.13. The van der Waals surface area contributed by atoms with Crippen LogP contribution in [-0.4, -0.2) is 24.8 Å². The Bertz CT molecular complexity index is 1410. The van der Waals surface area contributed by atoms with Crippen molar-refractivity contribution in [2.45, 2.75) is 13.1 Å². The lowest BCUT2D eigenvalue weighted by atomic mass is 10.1. The molecule has 2 aromatic heterocycles. The SMILES string of the molecule is O=C(Cn1c(=O)c2cccnc2n(Cc2ccc([N+](=O)[O-])cc2)c1=O)c1ccccc1. The summed E-state index contributed by atoms with van der Waals surface area (Å²) < 4.78 is 2.18. The van der Waals surface area contributed by atoms with Crippen LogP contribution in [0.25, 0.3) is 11.0 Å². The monoisotopic (exact) mass is 416 g/mol. The van der Waals surface area contributed by atoms with Crippen LogP contribution in [0.15, 0.2) is 82.5 Å². The van der Waals surface area contributed by atoms with Crippen LogP contribution in [0.2, 0.25) is 0 Å². The second kappa shape index (κ2) is 8.15. The van der Waals surface area contributed by atoms with Gasteiger partial charge in [-0.2, -0.15) is 0 Å². The van der Waals surface area contributed by atoms with E-state index in [1.54, 1.807) is 42.5 Å². The summed E-state index contributed by atoms with van der Waals surface area (Å²) in [5.41, 5.74) is -0.172. The average Bonchev–Trinajstić information content (AvgIpc) is 2.80. The van der Waals surface area contributed by atoms with Crippen LogP contribution in [-0.2, 0) is 13.1 Å². The number of hydrogen-bond donors (Lipinski definition) is 0. The molecule has 0 radical (unpaired) electrons. The molecule has 9 heteroatoms. The van der Waals surface area contributed by atoms with E-state index in [2.05, 4.69) is 4.98 Å². The summed E-state index contributed by atoms with van der Waals surface area (Å²) in [6.45, 7) is -0.378. The number of nitro benzene ring substituents is 1. The number of carbonyl (C=O) groups excluding carboxylic acids is 1. The van der Waals surface area contributed by atoms with Crippen LogP contribution in [0.3, 0.4) is 0 Å². The molecule has 2 aromatic carbocycles. The quantitative estimate of drug-likeness (QED) is 0.271. The van der Waals surface area contributed by atoms with E-state index in [1.807, 2.05) is 0 Å². The van der Waals surface area contributed by atoms with Crippen molar-refractivity contribution in [2.75, 3.05) is 0 Å². The maximum Gasteiger partial charge on any atom is 0.333 e. The van der Waals surface area contributed by atoms with Gasteiger partial charge >= 0.3 is 5.69 Å². The number of ketones is 1. The molecule has 0 amide bonds. The number of benzene rings is 2. The first kappa shape index (κ1) is 19.9. The molecular weight excluding hydrogens is 400 g/mol. The van der Waals surface area contributed by atoms with Gasteiger partial charge in [0.05, 0.1) is 23.4 Å². The summed E-state index contributed by atoms with van der Waals surface area (Å²) in [5, 5.41) is 11.1. The molecule has 0 atom stereocenters. The summed E-state index contributed by atoms with van der Waals surface area (Å²) in [6.07, 6.45) is 1.47. The maximum absolute atomic E-state index is 13.2. The molecule has 0 unspecified atom stereocenters. The Kier molecular flexibility index (Phi) is 5.23. The van der Waals surface area contributed by atoms with Gasteiger partial charge in [-0.1, -0.05) is 42.5 Å². The fourth-order valence-corrected chi connectivity index (χ4v) is 3.29. The average molecular weight is 416 g/mol. The summed E-state index contributed by atoms with van der Waals surface area (Å²) in [4.78, 5) is 53.3. The lowest BCUT2D eigenvalue weighted by molar-refractivity contribution is -0.384. The third-order valence-electron chi connectivity index (χ3n) is 4.87. The third-order valence-corrected chi connectivity index (χ3v) is 4.87. The van der Waals surface area contributed by atoms with Crippen LogP contribution in [0, 0.1) is 10.1 Å². The van der Waals surface area contributed by atoms with E-state index >= 15 is 0 Å². The normalized spacial score (nSPS) is 10.8. The number of fused-ring (bicyclic) bond motifs is 1. The first-order chi connectivity index (χ1) is 15.0. The van der Waals surface area contributed by atoms with Crippen molar-refractivity contribution in [2.24, 2.45) is 0 Å². The van der Waals surface area contributed by atoms with E-state index in [-0.39, 0.29) is 29.0 Å². The molecule has 4 aromatic rings. The topological polar surface area (TPSA) is 117 Å². The smallest absolute Gasteiger partial charge is 0.292 e. The van der Waals surface area contributed by atoms with E-state index in [0.717, 1.165) is 4.57 Å². The molecular formula is C22H16N4O5. The van der Waals surface area contributed by atoms with Gasteiger partial charge in [0.15, 0.2) is 5.78 Å². The molecule has 0 aliphatic rings. The Balaban J connectivity index is 1.81. The molecule has 2 heterocycles. The first-order valence-corrected chi connectivity index (χ1v) is 9.35. The number of pyridine rings is 1. The number of nitro groups is 1. The molecule has 4 rings (SSSR count). The highest BCUT2D eigenvalue weighted by atomic mass is 16.6. The van der Waals surface area contributed by atoms with E-state index in [1.165, 1.54) is 35.0 Å². The van der Waals surface area contributed by atoms with Gasteiger partial charge in [0.2, 0.25) is 0 Å². The molecule has 31 heavy (non-hydrogen) atoms. The van der Waals surface area contributed by atoms with Crippen LogP contribution >= 0.6 is 0 Å². The highest BCUT2D eigenvalue weighted by Crippen LogP contribution is 2.14. The van der Waals surface area contributed by atoms with Gasteiger partial charge in [0.1, 0.15) is 5.65 Å². The zero-order valence-electron chi connectivity index (χ0n) is 16.2. The van der Waals surface area contributed by atoms with Crippen molar-refractivity contribution in [3.63, 3.8) is 0 Å². The van der Waals surface area contributed by atoms with E-state index in [0.29, 0.717) is 11.1 Å². The number of rotatable bonds is 6. The molecule has 0 saturated carbocycles. The van der Waals surface area contributed by atoms with Gasteiger partial charge in [-0.3, -0.25) is 28.8 Å². The van der Waals surface area contributed by atoms with Gasteiger partial charge in [-0.25, -0.2) is 9.78 Å². The van der Waals surface area contributed by atoms with Crippen molar-refractivity contribution < 1.29 is 9.72 Å². The van der Waals surface area contributed by atoms with Crippen molar-refractivity contribution in [1.82, 2.24) is 14.1 Å². The number of nitrogens with zero attached hydrogens (tertiary/aromatic N) is 4. The van der Waals surface area contributed by atoms with Crippen molar-refractivity contribution in [1.29, 1.82) is 0 Å². The molecule has 154 valence electrons. The standard InChI is InChI=1S/C22H16N4O5/c27-19(16-5-2-1-3-6-16)14-25-21(28)18-7-4-12-23-20(18)24(22(25)29)13-15-8-10-17(11-9-15)26(30)31/h1-12H,13-14H2. The van der Waals surface area contributed by atoms with Crippen molar-refractivity contribution in [3.8, 4) is 0 Å². The van der Waals surface area contributed by atoms with Crippen LogP contribution in [0.5, 0.6) is 0 Å². The van der Waals surface area contributed by atoms with E-state index in [9.17, 15) is 24.5 Å². The van der Waals surface area contributed by atoms with Crippen molar-refractivity contribution in [3.05, 3.63) is 115 Å². The van der Waals surface area contributed by atoms with Gasteiger partial charge in [0.25, 0.3) is 11.2 Å². The number of Topliss-reactive ketones (excluding diaryl/α,β-unsaturated/α-hetero) is 1. The second-order valence-electron chi connectivity index (χ2n) is 6.85. The molecule has 0 fully saturated rings. The number of carbonyl (C=O) groups is 1. The number of hydrogen-bond acceptors (Lipinski definition) is 6. The second-order valence-corrected chi connectivity index (χ2v) is 6.85. The summed E-state index contributed by atoms with van der Waals surface area (Å²) in [6, 6.07) is 17.3. The highest BCUT2D eigenvalue weighted by molar-refractivity contribution is 5.95. The molecule has 0 aliphatic heterocycles. The Morgan fingerprint density at radius 3 is 2.32 bits per heavy atom. The van der Waals surface area contributed by atoms with Gasteiger partial charge < -0.3 is 0 Å². The fourth-order valence-electron chi connectivity index (χ4n) is 3.29. The Hall–Kier alpha value is -4.40. The Labute approximate surface area is 175 Å². The zero-order valence-corrected chi connectivity index (χ0v) is 16.2. The fraction of sp³-hybridized carbons (Fsp3) is 0.0909. The molecule has 0 spiro atoms. The lowest BCUT2D eigenvalue weighted by Crippen LogP contribution is -2.42. The minimum atomic E-state index is -0.682. The van der Waals surface area contributed by atoms with Gasteiger partial charge in [0, 0.05) is 23.9 Å². The molecule has 9 nitrogen and oxygen atoms in total. The predicted molar refractivity (Wildman–Crippen MR) is 113 cm³/mol. The molecule has 0 aliphatic carbocycles. The van der Waals surface area contributed by atoms with E-state index < -0.39 is 22.7 Å². The van der Waals surface area contributed by atoms with Crippen LogP contribution < -0.4 is 11.2 Å². The number of non-ortho nitro benzene ring substituents is 1. The van der Waals surface area contributed by atoms with Crippen molar-refractivity contribution >= 4 is 22.5 Å². The minimum Gasteiger partial charge on any atom is -0.292 e. The zero-order chi connectivity index (χ0) is 22.0. The van der Waals surface area contributed by atoms with Crippen LogP contribution in [0.4, 0.5) is 5.69 Å². The maximum atomic E-state index is 13.2. The minimum absolute atomic E-state index is 0.0319. The molecule has 0 saturated heterocycles. The van der Waals surface area contributed by atoms with Crippen LogP contribution in [0.1, 0.15) is 15.9 Å². The Morgan fingerprint density at radius 1 is 0.935 bits per heavy atom. The van der Waals surface area contributed by atoms with E-state index in [4.69, 9.17) is 0 Å². The predicted octanol–water partition coefficient (Wildman–Crippen LogP) is 2.40. The molecule has 0 bridgehead atoms. The summed E-state index contributed by atoms with van der Waals surface area (Å²) in [5.74, 6) is -0.370. The summed E-state index contributed by atoms with van der Waals surface area (Å²) >= 11 is 0. The number of aromatic nitrogens is 3. The largest absolute Gasteiger partial charge is 0.333 e. The van der Waals surface area contributed by atoms with Gasteiger partial charge in [-0.15, -0.1) is 0 Å². The Morgan fingerprint density at radius 2 is 1.65 bits per heavy atom. The first-order valence-electron chi connectivity index (χ1n) is 9.35. The third kappa shape index (κ3) is 3.88. The summed E-state index contributed by atoms with van der Waals surface area (Å²) in [7, 11) is 0.